The second-order valence-electron chi connectivity index (χ2n) is 4.86. The van der Waals surface area contributed by atoms with E-state index < -0.39 is 0 Å². The number of hydrogen-bond acceptors (Lipinski definition) is 4. The van der Waals surface area contributed by atoms with Gasteiger partial charge < -0.3 is 10.1 Å². The van der Waals surface area contributed by atoms with Crippen LogP contribution in [-0.4, -0.2) is 24.7 Å². The molecule has 1 aliphatic rings. The molecule has 0 spiro atoms. The smallest absolute Gasteiger partial charge is 0.120 e. The number of ether oxygens (including phenoxy) is 1. The van der Waals surface area contributed by atoms with E-state index in [4.69, 9.17) is 9.72 Å². The summed E-state index contributed by atoms with van der Waals surface area (Å²) in [5, 5.41) is 4.70. The van der Waals surface area contributed by atoms with Crippen LogP contribution in [0.1, 0.15) is 24.8 Å². The standard InChI is InChI=1S/C14H18N2OS/c1-3-17-10-4-5-12-13(6-10)18-14(16-12)11-8-15-7-9(11)2/h4-6,9,11,15H,3,7-8H2,1-2H3. The molecule has 2 unspecified atom stereocenters. The van der Waals surface area contributed by atoms with Gasteiger partial charge in [0.1, 0.15) is 5.75 Å². The first-order valence-corrected chi connectivity index (χ1v) is 7.33. The third-order valence-electron chi connectivity index (χ3n) is 3.52. The second-order valence-corrected chi connectivity index (χ2v) is 5.92. The number of aromatic nitrogens is 1. The van der Waals surface area contributed by atoms with Crippen molar-refractivity contribution in [3.63, 3.8) is 0 Å². The predicted octanol–water partition coefficient (Wildman–Crippen LogP) is 3.02. The number of hydrogen-bond donors (Lipinski definition) is 1. The average molecular weight is 262 g/mol. The molecule has 18 heavy (non-hydrogen) atoms. The van der Waals surface area contributed by atoms with E-state index in [0.29, 0.717) is 18.4 Å². The zero-order valence-electron chi connectivity index (χ0n) is 10.8. The van der Waals surface area contributed by atoms with E-state index >= 15 is 0 Å². The highest BCUT2D eigenvalue weighted by molar-refractivity contribution is 7.18. The zero-order valence-corrected chi connectivity index (χ0v) is 11.6. The fourth-order valence-corrected chi connectivity index (χ4v) is 3.71. The Morgan fingerprint density at radius 1 is 1.44 bits per heavy atom. The first kappa shape index (κ1) is 11.9. The van der Waals surface area contributed by atoms with Gasteiger partial charge in [-0.15, -0.1) is 11.3 Å². The molecule has 96 valence electrons. The van der Waals surface area contributed by atoms with E-state index in [2.05, 4.69) is 24.4 Å². The molecule has 2 atom stereocenters. The Kier molecular flexibility index (Phi) is 3.22. The van der Waals surface area contributed by atoms with Crippen molar-refractivity contribution in [3.05, 3.63) is 23.2 Å². The molecule has 1 N–H and O–H groups in total. The Morgan fingerprint density at radius 3 is 3.06 bits per heavy atom. The van der Waals surface area contributed by atoms with Crippen LogP contribution in [0.25, 0.3) is 10.2 Å². The van der Waals surface area contributed by atoms with Gasteiger partial charge in [-0.2, -0.15) is 0 Å². The number of nitrogens with one attached hydrogen (secondary N) is 1. The number of thiazole rings is 1. The van der Waals surface area contributed by atoms with Crippen LogP contribution in [0.2, 0.25) is 0 Å². The van der Waals surface area contributed by atoms with Crippen LogP contribution >= 0.6 is 11.3 Å². The summed E-state index contributed by atoms with van der Waals surface area (Å²) in [5.74, 6) is 2.19. The topological polar surface area (TPSA) is 34.1 Å². The molecule has 1 fully saturated rings. The van der Waals surface area contributed by atoms with Gasteiger partial charge in [-0.05, 0) is 37.6 Å². The quantitative estimate of drug-likeness (QED) is 0.923. The Balaban J connectivity index is 1.95. The molecular weight excluding hydrogens is 244 g/mol. The fraction of sp³-hybridized carbons (Fsp3) is 0.500. The summed E-state index contributed by atoms with van der Waals surface area (Å²) in [7, 11) is 0. The number of benzene rings is 1. The number of nitrogens with zero attached hydrogens (tertiary/aromatic N) is 1. The van der Waals surface area contributed by atoms with E-state index in [9.17, 15) is 0 Å². The summed E-state index contributed by atoms with van der Waals surface area (Å²) in [6.07, 6.45) is 0. The van der Waals surface area contributed by atoms with Crippen molar-refractivity contribution in [2.75, 3.05) is 19.7 Å². The highest BCUT2D eigenvalue weighted by Crippen LogP contribution is 2.34. The first-order valence-electron chi connectivity index (χ1n) is 6.52. The first-order chi connectivity index (χ1) is 8.78. The molecule has 3 rings (SSSR count). The van der Waals surface area contributed by atoms with E-state index in [1.807, 2.05) is 24.3 Å². The van der Waals surface area contributed by atoms with Crippen molar-refractivity contribution in [3.8, 4) is 5.75 Å². The number of rotatable bonds is 3. The third-order valence-corrected chi connectivity index (χ3v) is 4.67. The molecule has 0 amide bonds. The summed E-state index contributed by atoms with van der Waals surface area (Å²) in [6.45, 7) is 7.17. The van der Waals surface area contributed by atoms with Crippen LogP contribution in [0.5, 0.6) is 5.75 Å². The Morgan fingerprint density at radius 2 is 2.33 bits per heavy atom. The lowest BCUT2D eigenvalue weighted by molar-refractivity contribution is 0.341. The summed E-state index contributed by atoms with van der Waals surface area (Å²) in [6, 6.07) is 6.17. The Labute approximate surface area is 111 Å². The molecule has 1 aliphatic heterocycles. The van der Waals surface area contributed by atoms with Crippen LogP contribution in [-0.2, 0) is 0 Å². The minimum atomic E-state index is 0.568. The predicted molar refractivity (Wildman–Crippen MR) is 75.6 cm³/mol. The van der Waals surface area contributed by atoms with E-state index in [1.165, 1.54) is 9.71 Å². The van der Waals surface area contributed by atoms with Crippen molar-refractivity contribution >= 4 is 21.6 Å². The molecule has 2 heterocycles. The van der Waals surface area contributed by atoms with Crippen molar-refractivity contribution in [2.45, 2.75) is 19.8 Å². The van der Waals surface area contributed by atoms with Gasteiger partial charge in [-0.1, -0.05) is 6.92 Å². The van der Waals surface area contributed by atoms with Crippen molar-refractivity contribution < 1.29 is 4.74 Å². The van der Waals surface area contributed by atoms with Gasteiger partial charge in [-0.25, -0.2) is 4.98 Å². The van der Waals surface area contributed by atoms with Gasteiger partial charge >= 0.3 is 0 Å². The maximum absolute atomic E-state index is 5.54. The second kappa shape index (κ2) is 4.86. The molecule has 0 radical (unpaired) electrons. The van der Waals surface area contributed by atoms with Crippen molar-refractivity contribution in [1.29, 1.82) is 0 Å². The highest BCUT2D eigenvalue weighted by Gasteiger charge is 2.27. The van der Waals surface area contributed by atoms with E-state index in [1.54, 1.807) is 0 Å². The maximum Gasteiger partial charge on any atom is 0.120 e. The lowest BCUT2D eigenvalue weighted by atomic mass is 9.99. The third kappa shape index (κ3) is 2.10. The van der Waals surface area contributed by atoms with Gasteiger partial charge in [0.15, 0.2) is 0 Å². The molecule has 4 heteroatoms. The molecule has 0 bridgehead atoms. The SMILES string of the molecule is CCOc1ccc2nc(C3CNCC3C)sc2c1. The van der Waals surface area contributed by atoms with E-state index in [0.717, 1.165) is 24.4 Å². The van der Waals surface area contributed by atoms with Gasteiger partial charge in [0.05, 0.1) is 21.8 Å². The van der Waals surface area contributed by atoms with Gasteiger partial charge in [0, 0.05) is 12.5 Å². The minimum absolute atomic E-state index is 0.568. The fourth-order valence-electron chi connectivity index (χ4n) is 2.48. The van der Waals surface area contributed by atoms with Gasteiger partial charge in [0.2, 0.25) is 0 Å². The van der Waals surface area contributed by atoms with Gasteiger partial charge in [0.25, 0.3) is 0 Å². The van der Waals surface area contributed by atoms with Crippen LogP contribution in [0.3, 0.4) is 0 Å². The summed E-state index contributed by atoms with van der Waals surface area (Å²) in [4.78, 5) is 4.77. The minimum Gasteiger partial charge on any atom is -0.494 e. The van der Waals surface area contributed by atoms with Gasteiger partial charge in [-0.3, -0.25) is 0 Å². The lowest BCUT2D eigenvalue weighted by Crippen LogP contribution is -2.07. The van der Waals surface area contributed by atoms with Crippen molar-refractivity contribution in [1.82, 2.24) is 10.3 Å². The molecule has 2 aromatic rings. The van der Waals surface area contributed by atoms with Crippen LogP contribution in [0, 0.1) is 5.92 Å². The Bertz CT molecular complexity index is 552. The molecule has 0 saturated carbocycles. The Hall–Kier alpha value is -1.13. The molecule has 1 aromatic heterocycles. The average Bonchev–Trinajstić information content (AvgIpc) is 2.94. The summed E-state index contributed by atoms with van der Waals surface area (Å²) < 4.78 is 6.77. The van der Waals surface area contributed by atoms with E-state index in [-0.39, 0.29) is 0 Å². The molecule has 3 nitrogen and oxygen atoms in total. The normalized spacial score (nSPS) is 23.7. The molecule has 1 aromatic carbocycles. The molecule has 1 saturated heterocycles. The summed E-state index contributed by atoms with van der Waals surface area (Å²) in [5.41, 5.74) is 1.09. The van der Waals surface area contributed by atoms with Crippen LogP contribution in [0.15, 0.2) is 18.2 Å². The molecule has 0 aliphatic carbocycles. The van der Waals surface area contributed by atoms with Crippen molar-refractivity contribution in [2.24, 2.45) is 5.92 Å². The lowest BCUT2D eigenvalue weighted by Gasteiger charge is -2.09. The highest BCUT2D eigenvalue weighted by atomic mass is 32.1. The van der Waals surface area contributed by atoms with Crippen LogP contribution < -0.4 is 10.1 Å². The zero-order chi connectivity index (χ0) is 12.5. The molecular formula is C14H18N2OS. The van der Waals surface area contributed by atoms with Crippen LogP contribution in [0.4, 0.5) is 0 Å². The number of fused-ring (bicyclic) bond motifs is 1. The summed E-state index contributed by atoms with van der Waals surface area (Å²) >= 11 is 1.81. The maximum atomic E-state index is 5.54. The monoisotopic (exact) mass is 262 g/mol. The largest absolute Gasteiger partial charge is 0.494 e.